The molecule has 0 bridgehead atoms. The van der Waals surface area contributed by atoms with E-state index in [0.29, 0.717) is 24.2 Å². The summed E-state index contributed by atoms with van der Waals surface area (Å²) in [6, 6.07) is 0. The Labute approximate surface area is 164 Å². The number of aryl methyl sites for hydroxylation is 1. The number of carbonyl (C=O) groups is 3. The van der Waals surface area contributed by atoms with E-state index in [1.165, 1.54) is 4.68 Å². The highest BCUT2D eigenvalue weighted by atomic mass is 16.6. The first-order valence-electron chi connectivity index (χ1n) is 9.74. The third kappa shape index (κ3) is 4.52. The largest absolute Gasteiger partial charge is 0.444 e. The third-order valence-corrected chi connectivity index (χ3v) is 5.01. The van der Waals surface area contributed by atoms with Crippen LogP contribution in [0.1, 0.15) is 55.4 Å². The lowest BCUT2D eigenvalue weighted by Gasteiger charge is -2.29. The van der Waals surface area contributed by atoms with Crippen LogP contribution in [0.4, 0.5) is 4.79 Å². The van der Waals surface area contributed by atoms with Gasteiger partial charge in [0.1, 0.15) is 11.3 Å². The Morgan fingerprint density at radius 3 is 2.54 bits per heavy atom. The fourth-order valence-corrected chi connectivity index (χ4v) is 3.62. The van der Waals surface area contributed by atoms with Crippen molar-refractivity contribution in [1.29, 1.82) is 0 Å². The summed E-state index contributed by atoms with van der Waals surface area (Å²) < 4.78 is 6.94. The van der Waals surface area contributed by atoms with Crippen molar-refractivity contribution in [3.05, 3.63) is 17.0 Å². The number of amides is 3. The first-order chi connectivity index (χ1) is 13.2. The molecule has 0 atom stereocenters. The highest BCUT2D eigenvalue weighted by molar-refractivity contribution is 6.05. The van der Waals surface area contributed by atoms with Crippen molar-refractivity contribution in [3.63, 3.8) is 0 Å². The molecule has 1 aromatic rings. The van der Waals surface area contributed by atoms with Gasteiger partial charge < -0.3 is 15.0 Å². The van der Waals surface area contributed by atoms with Crippen LogP contribution in [0.15, 0.2) is 0 Å². The van der Waals surface area contributed by atoms with Crippen molar-refractivity contribution in [3.8, 4) is 0 Å². The summed E-state index contributed by atoms with van der Waals surface area (Å²) in [4.78, 5) is 39.2. The Bertz CT molecular complexity index is 774. The molecule has 0 unspecified atom stereocenters. The van der Waals surface area contributed by atoms with Gasteiger partial charge in [-0.25, -0.2) is 4.79 Å². The van der Waals surface area contributed by atoms with E-state index >= 15 is 0 Å². The number of rotatable bonds is 2. The van der Waals surface area contributed by atoms with Crippen LogP contribution in [0.25, 0.3) is 0 Å². The SMILES string of the molecule is Cn1nc2c(c1C(=O)NC(=O)C1CCNCC1)CN(C(=O)OC(C)(C)C)CC2. The Balaban J connectivity index is 1.73. The van der Waals surface area contributed by atoms with E-state index in [1.54, 1.807) is 11.9 Å². The summed E-state index contributed by atoms with van der Waals surface area (Å²) in [5, 5.41) is 10.1. The zero-order valence-corrected chi connectivity index (χ0v) is 17.0. The van der Waals surface area contributed by atoms with E-state index in [1.807, 2.05) is 20.8 Å². The Hall–Kier alpha value is -2.42. The number of aromatic nitrogens is 2. The van der Waals surface area contributed by atoms with Gasteiger partial charge in [0.15, 0.2) is 0 Å². The highest BCUT2D eigenvalue weighted by Crippen LogP contribution is 2.24. The monoisotopic (exact) mass is 391 g/mol. The van der Waals surface area contributed by atoms with Crippen LogP contribution in [0.2, 0.25) is 0 Å². The van der Waals surface area contributed by atoms with E-state index in [2.05, 4.69) is 15.7 Å². The molecular formula is C19H29N5O4. The number of carbonyl (C=O) groups excluding carboxylic acids is 3. The molecule has 1 aromatic heterocycles. The quantitative estimate of drug-likeness (QED) is 0.728. The van der Waals surface area contributed by atoms with Crippen LogP contribution in [0, 0.1) is 5.92 Å². The minimum absolute atomic E-state index is 0.160. The third-order valence-electron chi connectivity index (χ3n) is 5.01. The predicted molar refractivity (Wildman–Crippen MR) is 102 cm³/mol. The number of nitrogens with one attached hydrogen (secondary N) is 2. The van der Waals surface area contributed by atoms with Gasteiger partial charge in [0.05, 0.1) is 12.2 Å². The second-order valence-corrected chi connectivity index (χ2v) is 8.39. The van der Waals surface area contributed by atoms with E-state index < -0.39 is 17.6 Å². The van der Waals surface area contributed by atoms with Gasteiger partial charge in [0.2, 0.25) is 5.91 Å². The summed E-state index contributed by atoms with van der Waals surface area (Å²) in [5.41, 5.74) is 1.19. The van der Waals surface area contributed by atoms with Gasteiger partial charge in [0.25, 0.3) is 5.91 Å². The van der Waals surface area contributed by atoms with Crippen LogP contribution in [-0.4, -0.2) is 57.8 Å². The molecule has 28 heavy (non-hydrogen) atoms. The maximum Gasteiger partial charge on any atom is 0.410 e. The summed E-state index contributed by atoms with van der Waals surface area (Å²) in [7, 11) is 1.68. The molecule has 154 valence electrons. The van der Waals surface area contributed by atoms with Gasteiger partial charge >= 0.3 is 6.09 Å². The van der Waals surface area contributed by atoms with E-state index in [9.17, 15) is 14.4 Å². The zero-order valence-electron chi connectivity index (χ0n) is 17.0. The van der Waals surface area contributed by atoms with Crippen molar-refractivity contribution in [1.82, 2.24) is 25.3 Å². The average molecular weight is 391 g/mol. The second kappa shape index (κ2) is 7.90. The number of nitrogens with zero attached hydrogens (tertiary/aromatic N) is 3. The number of piperidine rings is 1. The topological polar surface area (TPSA) is 106 Å². The number of hydrogen-bond donors (Lipinski definition) is 2. The smallest absolute Gasteiger partial charge is 0.410 e. The molecule has 2 aliphatic rings. The lowest BCUT2D eigenvalue weighted by Crippen LogP contribution is -2.42. The standard InChI is InChI=1S/C19H29N5O4/c1-19(2,3)28-18(27)24-10-7-14-13(11-24)15(23(4)22-14)17(26)21-16(25)12-5-8-20-9-6-12/h12,20H,5-11H2,1-4H3,(H,21,25,26). The molecule has 0 saturated carbocycles. The molecule has 0 radical (unpaired) electrons. The minimum Gasteiger partial charge on any atom is -0.444 e. The molecule has 1 fully saturated rings. The van der Waals surface area contributed by atoms with Crippen LogP contribution in [0.5, 0.6) is 0 Å². The Kier molecular flexibility index (Phi) is 5.74. The van der Waals surface area contributed by atoms with Crippen molar-refractivity contribution >= 4 is 17.9 Å². The molecule has 9 nitrogen and oxygen atoms in total. The summed E-state index contributed by atoms with van der Waals surface area (Å²) in [6.45, 7) is 7.72. The fraction of sp³-hybridized carbons (Fsp3) is 0.684. The normalized spacial score (nSPS) is 17.8. The number of fused-ring (bicyclic) bond motifs is 1. The van der Waals surface area contributed by atoms with Gasteiger partial charge in [-0.2, -0.15) is 5.10 Å². The van der Waals surface area contributed by atoms with Crippen molar-refractivity contribution in [2.75, 3.05) is 19.6 Å². The van der Waals surface area contributed by atoms with E-state index in [-0.39, 0.29) is 18.4 Å². The Morgan fingerprint density at radius 2 is 1.89 bits per heavy atom. The summed E-state index contributed by atoms with van der Waals surface area (Å²) in [5.74, 6) is -0.875. The molecular weight excluding hydrogens is 362 g/mol. The molecule has 1 saturated heterocycles. The van der Waals surface area contributed by atoms with E-state index in [4.69, 9.17) is 4.74 Å². The predicted octanol–water partition coefficient (Wildman–Crippen LogP) is 0.969. The van der Waals surface area contributed by atoms with Gasteiger partial charge in [-0.05, 0) is 46.7 Å². The number of ether oxygens (including phenoxy) is 1. The molecule has 2 aliphatic heterocycles. The van der Waals surface area contributed by atoms with Crippen LogP contribution in [-0.2, 0) is 29.5 Å². The Morgan fingerprint density at radius 1 is 1.21 bits per heavy atom. The summed E-state index contributed by atoms with van der Waals surface area (Å²) in [6.07, 6.45) is 1.56. The lowest BCUT2D eigenvalue weighted by atomic mass is 9.97. The molecule has 3 rings (SSSR count). The van der Waals surface area contributed by atoms with Crippen LogP contribution >= 0.6 is 0 Å². The second-order valence-electron chi connectivity index (χ2n) is 8.39. The first kappa shape index (κ1) is 20.3. The number of imide groups is 1. The maximum absolute atomic E-state index is 12.8. The molecule has 0 spiro atoms. The van der Waals surface area contributed by atoms with Crippen molar-refractivity contribution in [2.24, 2.45) is 13.0 Å². The fourth-order valence-electron chi connectivity index (χ4n) is 3.62. The van der Waals surface area contributed by atoms with Crippen molar-refractivity contribution < 1.29 is 19.1 Å². The van der Waals surface area contributed by atoms with Crippen LogP contribution in [0.3, 0.4) is 0 Å². The lowest BCUT2D eigenvalue weighted by molar-refractivity contribution is -0.124. The zero-order chi connectivity index (χ0) is 20.5. The van der Waals surface area contributed by atoms with Crippen molar-refractivity contribution in [2.45, 2.75) is 52.2 Å². The highest BCUT2D eigenvalue weighted by Gasteiger charge is 2.32. The van der Waals surface area contributed by atoms with Crippen LogP contribution < -0.4 is 10.6 Å². The average Bonchev–Trinajstić information content (AvgIpc) is 2.95. The molecule has 0 aromatic carbocycles. The van der Waals surface area contributed by atoms with Gasteiger partial charge in [-0.3, -0.25) is 19.6 Å². The molecule has 3 amide bonds. The van der Waals surface area contributed by atoms with Gasteiger partial charge in [0, 0.05) is 31.5 Å². The molecule has 3 heterocycles. The molecule has 9 heteroatoms. The molecule has 2 N–H and O–H groups in total. The number of hydrogen-bond acceptors (Lipinski definition) is 6. The van der Waals surface area contributed by atoms with Gasteiger partial charge in [-0.15, -0.1) is 0 Å². The molecule has 0 aliphatic carbocycles. The minimum atomic E-state index is -0.590. The summed E-state index contributed by atoms with van der Waals surface area (Å²) >= 11 is 0. The first-order valence-corrected chi connectivity index (χ1v) is 9.74. The maximum atomic E-state index is 12.8. The van der Waals surface area contributed by atoms with E-state index in [0.717, 1.165) is 31.6 Å². The van der Waals surface area contributed by atoms with Gasteiger partial charge in [-0.1, -0.05) is 0 Å².